The van der Waals surface area contributed by atoms with E-state index >= 15 is 0 Å². The maximum absolute atomic E-state index is 13.3. The second-order valence-corrected chi connectivity index (χ2v) is 7.71. The summed E-state index contributed by atoms with van der Waals surface area (Å²) in [6.07, 6.45) is 1.85. The van der Waals surface area contributed by atoms with Crippen molar-refractivity contribution in [3.8, 4) is 11.1 Å². The molecular weight excluding hydrogens is 361 g/mol. The third kappa shape index (κ3) is 3.49. The molecule has 138 valence electrons. The third-order valence-corrected chi connectivity index (χ3v) is 5.86. The first-order valence-electron chi connectivity index (χ1n) is 8.98. The number of aromatic nitrogens is 2. The highest BCUT2D eigenvalue weighted by atomic mass is 32.1. The number of nitrogens with zero attached hydrogens (tertiary/aromatic N) is 3. The monoisotopic (exact) mass is 381 g/mol. The zero-order valence-corrected chi connectivity index (χ0v) is 16.1. The van der Waals surface area contributed by atoms with Gasteiger partial charge in [-0.2, -0.15) is 0 Å². The van der Waals surface area contributed by atoms with Gasteiger partial charge in [-0.3, -0.25) is 9.78 Å². The molecule has 6 heteroatoms. The molecule has 0 N–H and O–H groups in total. The summed E-state index contributed by atoms with van der Waals surface area (Å²) in [5.74, 6) is -0.221. The Morgan fingerprint density at radius 1 is 1.19 bits per heavy atom. The third-order valence-electron chi connectivity index (χ3n) is 4.95. The van der Waals surface area contributed by atoms with E-state index in [1.54, 1.807) is 17.6 Å². The predicted octanol–water partition coefficient (Wildman–Crippen LogP) is 4.94. The maximum Gasteiger partial charge on any atom is 0.266 e. The molecule has 0 bridgehead atoms. The molecule has 1 aliphatic heterocycles. The fourth-order valence-electron chi connectivity index (χ4n) is 3.63. The van der Waals surface area contributed by atoms with Gasteiger partial charge in [0.05, 0.1) is 22.9 Å². The van der Waals surface area contributed by atoms with E-state index in [0.29, 0.717) is 4.88 Å². The van der Waals surface area contributed by atoms with E-state index in [-0.39, 0.29) is 17.8 Å². The number of hydrogen-bond donors (Lipinski definition) is 0. The van der Waals surface area contributed by atoms with Gasteiger partial charge in [0.2, 0.25) is 0 Å². The molecule has 0 radical (unpaired) electrons. The van der Waals surface area contributed by atoms with Crippen LogP contribution in [0.5, 0.6) is 0 Å². The Kier molecular flexibility index (Phi) is 4.74. The summed E-state index contributed by atoms with van der Waals surface area (Å²) in [7, 11) is 0. The molecule has 1 amide bonds. The van der Waals surface area contributed by atoms with E-state index in [1.807, 2.05) is 30.9 Å². The molecule has 0 spiro atoms. The van der Waals surface area contributed by atoms with E-state index in [4.69, 9.17) is 4.98 Å². The lowest BCUT2D eigenvalue weighted by atomic mass is 10.0. The molecule has 3 aromatic rings. The van der Waals surface area contributed by atoms with Crippen LogP contribution in [-0.2, 0) is 0 Å². The zero-order chi connectivity index (χ0) is 19.0. The number of pyridine rings is 1. The Hall–Kier alpha value is -2.60. The summed E-state index contributed by atoms with van der Waals surface area (Å²) in [6.45, 7) is 4.54. The minimum Gasteiger partial charge on any atom is -0.329 e. The van der Waals surface area contributed by atoms with Gasteiger partial charge >= 0.3 is 0 Å². The number of carbonyl (C=O) groups is 1. The van der Waals surface area contributed by atoms with Gasteiger partial charge in [-0.25, -0.2) is 9.37 Å². The lowest BCUT2D eigenvalue weighted by Gasteiger charge is -2.24. The van der Waals surface area contributed by atoms with Gasteiger partial charge < -0.3 is 4.90 Å². The average Bonchev–Trinajstić information content (AvgIpc) is 3.30. The van der Waals surface area contributed by atoms with E-state index in [1.165, 1.54) is 23.5 Å². The summed E-state index contributed by atoms with van der Waals surface area (Å²) in [4.78, 5) is 24.6. The van der Waals surface area contributed by atoms with E-state index in [0.717, 1.165) is 47.6 Å². The van der Waals surface area contributed by atoms with Gasteiger partial charge in [0.1, 0.15) is 10.7 Å². The second kappa shape index (κ2) is 7.19. The van der Waals surface area contributed by atoms with Crippen molar-refractivity contribution in [2.75, 3.05) is 6.54 Å². The molecule has 1 aliphatic rings. The van der Waals surface area contributed by atoms with Crippen LogP contribution in [0.25, 0.3) is 11.1 Å². The molecule has 27 heavy (non-hydrogen) atoms. The van der Waals surface area contributed by atoms with Gasteiger partial charge in [0.25, 0.3) is 5.91 Å². The van der Waals surface area contributed by atoms with Crippen molar-refractivity contribution in [1.82, 2.24) is 14.9 Å². The van der Waals surface area contributed by atoms with Crippen LogP contribution in [-0.4, -0.2) is 27.3 Å². The zero-order valence-electron chi connectivity index (χ0n) is 15.3. The Balaban J connectivity index is 1.68. The van der Waals surface area contributed by atoms with Crippen molar-refractivity contribution >= 4 is 17.2 Å². The molecule has 1 saturated heterocycles. The van der Waals surface area contributed by atoms with Gasteiger partial charge in [-0.05, 0) is 62.1 Å². The van der Waals surface area contributed by atoms with Crippen LogP contribution in [0.1, 0.15) is 45.6 Å². The molecule has 3 heterocycles. The van der Waals surface area contributed by atoms with Gasteiger partial charge in [0, 0.05) is 12.2 Å². The quantitative estimate of drug-likeness (QED) is 0.646. The van der Waals surface area contributed by atoms with Crippen LogP contribution in [0, 0.1) is 19.7 Å². The Morgan fingerprint density at radius 3 is 2.67 bits per heavy atom. The first kappa shape index (κ1) is 17.8. The SMILES string of the molecule is Cc1cc(-c2ccc(F)cc2)cc([C@H]2CCCN2C(=O)c2scnc2C)n1. The molecule has 2 aromatic heterocycles. The molecule has 1 fully saturated rings. The van der Waals surface area contributed by atoms with Crippen molar-refractivity contribution in [2.24, 2.45) is 0 Å². The number of carbonyl (C=O) groups excluding carboxylic acids is 1. The van der Waals surface area contributed by atoms with Crippen LogP contribution < -0.4 is 0 Å². The lowest BCUT2D eigenvalue weighted by molar-refractivity contribution is 0.0737. The molecule has 0 unspecified atom stereocenters. The molecule has 1 aromatic carbocycles. The minimum atomic E-state index is -0.253. The summed E-state index contributed by atoms with van der Waals surface area (Å²) in [6, 6.07) is 10.4. The number of aryl methyl sites for hydroxylation is 2. The number of thiazole rings is 1. The summed E-state index contributed by atoms with van der Waals surface area (Å²) in [5.41, 5.74) is 6.20. The number of halogens is 1. The van der Waals surface area contributed by atoms with Crippen LogP contribution in [0.3, 0.4) is 0 Å². The highest BCUT2D eigenvalue weighted by molar-refractivity contribution is 7.11. The number of hydrogen-bond acceptors (Lipinski definition) is 4. The fourth-order valence-corrected chi connectivity index (χ4v) is 4.39. The number of rotatable bonds is 3. The number of benzene rings is 1. The van der Waals surface area contributed by atoms with Gasteiger partial charge in [-0.1, -0.05) is 12.1 Å². The van der Waals surface area contributed by atoms with Crippen LogP contribution in [0.2, 0.25) is 0 Å². The summed E-state index contributed by atoms with van der Waals surface area (Å²) >= 11 is 1.39. The van der Waals surface area contributed by atoms with Crippen molar-refractivity contribution < 1.29 is 9.18 Å². The largest absolute Gasteiger partial charge is 0.329 e. The smallest absolute Gasteiger partial charge is 0.266 e. The minimum absolute atomic E-state index is 0.0316. The lowest BCUT2D eigenvalue weighted by Crippen LogP contribution is -2.31. The van der Waals surface area contributed by atoms with Crippen LogP contribution in [0.4, 0.5) is 4.39 Å². The van der Waals surface area contributed by atoms with Gasteiger partial charge in [-0.15, -0.1) is 11.3 Å². The topological polar surface area (TPSA) is 46.1 Å². The predicted molar refractivity (Wildman–Crippen MR) is 104 cm³/mol. The first-order valence-corrected chi connectivity index (χ1v) is 9.86. The normalized spacial score (nSPS) is 16.7. The Bertz CT molecular complexity index is 983. The molecule has 0 aliphatic carbocycles. The van der Waals surface area contributed by atoms with E-state index in [2.05, 4.69) is 4.98 Å². The summed E-state index contributed by atoms with van der Waals surface area (Å²) < 4.78 is 13.3. The second-order valence-electron chi connectivity index (χ2n) is 6.85. The molecule has 4 nitrogen and oxygen atoms in total. The fraction of sp³-hybridized carbons (Fsp3) is 0.286. The maximum atomic E-state index is 13.3. The molecule has 4 rings (SSSR count). The van der Waals surface area contributed by atoms with Crippen molar-refractivity contribution in [2.45, 2.75) is 32.7 Å². The number of amides is 1. The Morgan fingerprint density at radius 2 is 1.96 bits per heavy atom. The van der Waals surface area contributed by atoms with E-state index in [9.17, 15) is 9.18 Å². The van der Waals surface area contributed by atoms with E-state index < -0.39 is 0 Å². The van der Waals surface area contributed by atoms with Crippen LogP contribution in [0.15, 0.2) is 41.9 Å². The van der Waals surface area contributed by atoms with Crippen molar-refractivity contribution in [3.63, 3.8) is 0 Å². The highest BCUT2D eigenvalue weighted by Crippen LogP contribution is 2.35. The standard InChI is InChI=1S/C21H20FN3OS/c1-13-10-16(15-5-7-17(22)8-6-15)11-18(24-13)19-4-3-9-25(19)21(26)20-14(2)23-12-27-20/h5-8,10-12,19H,3-4,9H2,1-2H3/t19-/m1/s1. The van der Waals surface area contributed by atoms with Crippen LogP contribution >= 0.6 is 11.3 Å². The number of likely N-dealkylation sites (tertiary alicyclic amines) is 1. The van der Waals surface area contributed by atoms with Crippen molar-refractivity contribution in [3.05, 3.63) is 69.7 Å². The van der Waals surface area contributed by atoms with Crippen molar-refractivity contribution in [1.29, 1.82) is 0 Å². The first-order chi connectivity index (χ1) is 13.0. The Labute approximate surface area is 161 Å². The molecular formula is C21H20FN3OS. The summed E-state index contributed by atoms with van der Waals surface area (Å²) in [5, 5.41) is 0. The van der Waals surface area contributed by atoms with Gasteiger partial charge in [0.15, 0.2) is 0 Å². The molecule has 1 atom stereocenters. The highest BCUT2D eigenvalue weighted by Gasteiger charge is 2.33. The average molecular weight is 381 g/mol. The molecule has 0 saturated carbocycles.